The Morgan fingerprint density at radius 1 is 1.00 bits per heavy atom. The fourth-order valence-corrected chi connectivity index (χ4v) is 2.57. The van der Waals surface area contributed by atoms with Gasteiger partial charge in [0.25, 0.3) is 0 Å². The Kier molecular flexibility index (Phi) is 4.10. The van der Waals surface area contributed by atoms with Crippen LogP contribution in [0.25, 0.3) is 6.08 Å². The van der Waals surface area contributed by atoms with Crippen LogP contribution in [0.1, 0.15) is 43.0 Å². The Morgan fingerprint density at radius 2 is 1.67 bits per heavy atom. The van der Waals surface area contributed by atoms with Gasteiger partial charge < -0.3 is 4.74 Å². The van der Waals surface area contributed by atoms with Gasteiger partial charge >= 0.3 is 5.97 Å². The highest BCUT2D eigenvalue weighted by molar-refractivity contribution is 6.13. The minimum atomic E-state index is -0.409. The second-order valence-corrected chi connectivity index (χ2v) is 7.02. The molecule has 0 fully saturated rings. The topological polar surface area (TPSA) is 38.7 Å². The third-order valence-corrected chi connectivity index (χ3v) is 4.08. The third kappa shape index (κ3) is 3.30. The van der Waals surface area contributed by atoms with Crippen LogP contribution in [0.3, 0.4) is 0 Å². The molecule has 3 rings (SSSR count). The molecule has 2 aromatic carbocycles. The lowest BCUT2D eigenvalue weighted by Gasteiger charge is -2.18. The van der Waals surface area contributed by atoms with Gasteiger partial charge in [-0.05, 0) is 41.2 Å². The summed E-state index contributed by atoms with van der Waals surface area (Å²) in [6.45, 7) is 8.49. The monoisotopic (exact) mass is 319 g/mol. The number of nitrogens with zero attached hydrogens (tertiary/aromatic N) is 1. The molecule has 0 aromatic heterocycles. The number of cyclic esters (lactones) is 1. The van der Waals surface area contributed by atoms with Gasteiger partial charge in [0.15, 0.2) is 5.70 Å². The zero-order chi connectivity index (χ0) is 17.3. The van der Waals surface area contributed by atoms with Crippen molar-refractivity contribution in [2.45, 2.75) is 33.1 Å². The van der Waals surface area contributed by atoms with Crippen molar-refractivity contribution in [3.05, 3.63) is 76.5 Å². The number of aryl methyl sites for hydroxylation is 1. The van der Waals surface area contributed by atoms with Gasteiger partial charge in [0, 0.05) is 5.56 Å². The first-order chi connectivity index (χ1) is 11.3. The molecule has 1 heterocycles. The van der Waals surface area contributed by atoms with E-state index in [0.29, 0.717) is 11.6 Å². The van der Waals surface area contributed by atoms with Crippen molar-refractivity contribution < 1.29 is 9.53 Å². The molecule has 0 N–H and O–H groups in total. The van der Waals surface area contributed by atoms with Crippen LogP contribution in [0.5, 0.6) is 0 Å². The molecular formula is C21H21NO2. The number of ether oxygens (including phenoxy) is 1. The van der Waals surface area contributed by atoms with Crippen molar-refractivity contribution in [1.82, 2.24) is 0 Å². The lowest BCUT2D eigenvalue weighted by molar-refractivity contribution is -0.129. The van der Waals surface area contributed by atoms with E-state index in [4.69, 9.17) is 4.74 Å². The Morgan fingerprint density at radius 3 is 2.29 bits per heavy atom. The van der Waals surface area contributed by atoms with Gasteiger partial charge in [-0.2, -0.15) is 0 Å². The number of carbonyl (C=O) groups is 1. The highest BCUT2D eigenvalue weighted by Crippen LogP contribution is 2.24. The summed E-state index contributed by atoms with van der Waals surface area (Å²) in [5.41, 5.74) is 4.50. The summed E-state index contributed by atoms with van der Waals surface area (Å²) >= 11 is 0. The van der Waals surface area contributed by atoms with Crippen molar-refractivity contribution in [2.24, 2.45) is 4.99 Å². The van der Waals surface area contributed by atoms with Crippen LogP contribution >= 0.6 is 0 Å². The van der Waals surface area contributed by atoms with Crippen LogP contribution in [0.2, 0.25) is 0 Å². The molecule has 0 bridgehead atoms. The molecule has 1 aliphatic rings. The van der Waals surface area contributed by atoms with E-state index in [-0.39, 0.29) is 5.41 Å². The van der Waals surface area contributed by atoms with E-state index in [2.05, 4.69) is 37.9 Å². The van der Waals surface area contributed by atoms with Crippen LogP contribution in [0.15, 0.2) is 59.2 Å². The minimum Gasteiger partial charge on any atom is -0.402 e. The number of benzene rings is 2. The first-order valence-corrected chi connectivity index (χ1v) is 8.04. The number of aliphatic imine (C=N–C) groups is 1. The molecule has 0 aliphatic carbocycles. The lowest BCUT2D eigenvalue weighted by Crippen LogP contribution is -2.10. The van der Waals surface area contributed by atoms with E-state index in [1.54, 1.807) is 6.08 Å². The average molecular weight is 319 g/mol. The van der Waals surface area contributed by atoms with Gasteiger partial charge in [-0.3, -0.25) is 0 Å². The summed E-state index contributed by atoms with van der Waals surface area (Å²) in [7, 11) is 0. The van der Waals surface area contributed by atoms with E-state index >= 15 is 0 Å². The van der Waals surface area contributed by atoms with E-state index in [1.165, 1.54) is 5.56 Å². The second-order valence-electron chi connectivity index (χ2n) is 7.02. The van der Waals surface area contributed by atoms with Gasteiger partial charge in [-0.25, -0.2) is 9.79 Å². The van der Waals surface area contributed by atoms with Gasteiger partial charge in [0.2, 0.25) is 5.90 Å². The third-order valence-electron chi connectivity index (χ3n) is 4.08. The Hall–Kier alpha value is -2.68. The highest BCUT2D eigenvalue weighted by atomic mass is 16.6. The van der Waals surface area contributed by atoms with Gasteiger partial charge in [-0.1, -0.05) is 63.2 Å². The Balaban J connectivity index is 1.90. The minimum absolute atomic E-state index is 0.105. The summed E-state index contributed by atoms with van der Waals surface area (Å²) in [6.07, 6.45) is 1.76. The molecule has 24 heavy (non-hydrogen) atoms. The van der Waals surface area contributed by atoms with E-state index in [1.807, 2.05) is 43.3 Å². The maximum absolute atomic E-state index is 12.1. The molecular weight excluding hydrogens is 298 g/mol. The van der Waals surface area contributed by atoms with Crippen LogP contribution in [-0.2, 0) is 14.9 Å². The molecule has 0 unspecified atom stereocenters. The number of hydrogen-bond acceptors (Lipinski definition) is 3. The first-order valence-electron chi connectivity index (χ1n) is 8.04. The smallest absolute Gasteiger partial charge is 0.363 e. The van der Waals surface area contributed by atoms with Crippen molar-refractivity contribution in [3.63, 3.8) is 0 Å². The molecule has 2 aromatic rings. The Bertz CT molecular complexity index is 837. The van der Waals surface area contributed by atoms with E-state index < -0.39 is 5.97 Å². The number of hydrogen-bond donors (Lipinski definition) is 0. The number of esters is 1. The van der Waals surface area contributed by atoms with Crippen molar-refractivity contribution in [3.8, 4) is 0 Å². The first kappa shape index (κ1) is 16.2. The number of carbonyl (C=O) groups excluding carboxylic acids is 1. The largest absolute Gasteiger partial charge is 0.402 e. The van der Waals surface area contributed by atoms with Gasteiger partial charge in [0.1, 0.15) is 0 Å². The van der Waals surface area contributed by atoms with Crippen molar-refractivity contribution >= 4 is 17.9 Å². The molecule has 3 heteroatoms. The molecule has 0 saturated heterocycles. The predicted octanol–water partition coefficient (Wildman–Crippen LogP) is 4.64. The molecule has 0 saturated carbocycles. The van der Waals surface area contributed by atoms with Crippen LogP contribution in [-0.4, -0.2) is 11.9 Å². The fraction of sp³-hybridized carbons (Fsp3) is 0.238. The fourth-order valence-electron chi connectivity index (χ4n) is 2.57. The molecule has 3 nitrogen and oxygen atoms in total. The lowest BCUT2D eigenvalue weighted by atomic mass is 9.87. The van der Waals surface area contributed by atoms with Crippen LogP contribution < -0.4 is 0 Å². The second kappa shape index (κ2) is 6.08. The molecule has 0 radical (unpaired) electrons. The standard InChI is InChI=1S/C21H21NO2/c1-14-7-5-6-8-17(14)19-22-18(20(23)24-19)13-15-9-11-16(12-10-15)21(2,3)4/h5-13H,1-4H3. The summed E-state index contributed by atoms with van der Waals surface area (Å²) in [6, 6.07) is 15.9. The normalized spacial score (nSPS) is 16.2. The molecule has 1 aliphatic heterocycles. The predicted molar refractivity (Wildman–Crippen MR) is 96.9 cm³/mol. The molecule has 0 spiro atoms. The van der Waals surface area contributed by atoms with Gasteiger partial charge in [0.05, 0.1) is 0 Å². The van der Waals surface area contributed by atoms with Crippen molar-refractivity contribution in [1.29, 1.82) is 0 Å². The Labute approximate surface area is 142 Å². The highest BCUT2D eigenvalue weighted by Gasteiger charge is 2.25. The molecule has 0 atom stereocenters. The molecule has 0 amide bonds. The zero-order valence-electron chi connectivity index (χ0n) is 14.5. The summed E-state index contributed by atoms with van der Waals surface area (Å²) < 4.78 is 5.33. The molecule has 122 valence electrons. The maximum Gasteiger partial charge on any atom is 0.363 e. The summed E-state index contributed by atoms with van der Waals surface area (Å²) in [5.74, 6) is -0.0381. The van der Waals surface area contributed by atoms with E-state index in [9.17, 15) is 4.79 Å². The average Bonchev–Trinajstić information content (AvgIpc) is 2.88. The zero-order valence-corrected chi connectivity index (χ0v) is 14.5. The van der Waals surface area contributed by atoms with Crippen LogP contribution in [0.4, 0.5) is 0 Å². The van der Waals surface area contributed by atoms with Crippen molar-refractivity contribution in [2.75, 3.05) is 0 Å². The summed E-state index contributed by atoms with van der Waals surface area (Å²) in [4.78, 5) is 16.5. The maximum atomic E-state index is 12.1. The quantitative estimate of drug-likeness (QED) is 0.597. The SMILES string of the molecule is Cc1ccccc1C1=NC(=Cc2ccc(C(C)(C)C)cc2)C(=O)O1. The van der Waals surface area contributed by atoms with Gasteiger partial charge in [-0.15, -0.1) is 0 Å². The number of rotatable bonds is 2. The summed E-state index contributed by atoms with van der Waals surface area (Å²) in [5, 5.41) is 0. The van der Waals surface area contributed by atoms with E-state index in [0.717, 1.165) is 16.7 Å². The van der Waals surface area contributed by atoms with Crippen LogP contribution in [0, 0.1) is 6.92 Å².